The van der Waals surface area contributed by atoms with E-state index in [1.54, 1.807) is 57.4 Å². The molecule has 0 aromatic carbocycles. The van der Waals surface area contributed by atoms with Gasteiger partial charge in [-0.2, -0.15) is 0 Å². The molecule has 1 aromatic rings. The first-order valence-corrected chi connectivity index (χ1v) is 6.92. The molecule has 21 heavy (non-hydrogen) atoms. The average Bonchev–Trinajstić information content (AvgIpc) is 2.45. The summed E-state index contributed by atoms with van der Waals surface area (Å²) >= 11 is 0. The fourth-order valence-electron chi connectivity index (χ4n) is 2.17. The van der Waals surface area contributed by atoms with Gasteiger partial charge in [-0.15, -0.1) is 0 Å². The van der Waals surface area contributed by atoms with Gasteiger partial charge in [0.25, 0.3) is 0 Å². The molecule has 0 spiro atoms. The molecule has 0 aliphatic heterocycles. The number of hydrogen-bond acceptors (Lipinski definition) is 6. The molecule has 0 aliphatic carbocycles. The number of hydrogen-bond donors (Lipinski definition) is 0. The van der Waals surface area contributed by atoms with Gasteiger partial charge in [0.15, 0.2) is 5.92 Å². The molecule has 0 unspecified atom stereocenters. The van der Waals surface area contributed by atoms with Gasteiger partial charge in [-0.05, 0) is 45.6 Å². The van der Waals surface area contributed by atoms with E-state index < -0.39 is 23.9 Å². The van der Waals surface area contributed by atoms with E-state index >= 15 is 0 Å². The third-order valence-corrected chi connectivity index (χ3v) is 3.00. The molecule has 0 bridgehead atoms. The summed E-state index contributed by atoms with van der Waals surface area (Å²) in [4.78, 5) is 30.2. The van der Waals surface area contributed by atoms with Crippen molar-refractivity contribution in [2.45, 2.75) is 19.9 Å². The Hall–Kier alpha value is -1.95. The molecule has 0 N–H and O–H groups in total. The zero-order valence-electron chi connectivity index (χ0n) is 12.9. The lowest BCUT2D eigenvalue weighted by atomic mass is 9.92. The van der Waals surface area contributed by atoms with Crippen LogP contribution in [0.3, 0.4) is 0 Å². The van der Waals surface area contributed by atoms with Crippen molar-refractivity contribution in [1.29, 1.82) is 0 Å². The van der Waals surface area contributed by atoms with E-state index in [1.807, 2.05) is 0 Å². The number of carbonyl (C=O) groups is 2. The van der Waals surface area contributed by atoms with Crippen LogP contribution in [0.1, 0.15) is 25.5 Å². The Kier molecular flexibility index (Phi) is 6.81. The highest BCUT2D eigenvalue weighted by molar-refractivity contribution is 5.96. The molecule has 116 valence electrons. The van der Waals surface area contributed by atoms with Crippen LogP contribution in [0.4, 0.5) is 0 Å². The summed E-state index contributed by atoms with van der Waals surface area (Å²) in [6.45, 7) is 3.84. The number of carbonyl (C=O) groups excluding carboxylic acids is 2. The average molecular weight is 294 g/mol. The number of pyridine rings is 1. The lowest BCUT2D eigenvalue weighted by molar-refractivity contribution is -0.165. The van der Waals surface area contributed by atoms with Gasteiger partial charge < -0.3 is 14.4 Å². The Bertz CT molecular complexity index is 444. The van der Waals surface area contributed by atoms with Crippen molar-refractivity contribution < 1.29 is 19.1 Å². The molecule has 0 saturated carbocycles. The Balaban J connectivity index is 3.18. The molecule has 6 heteroatoms. The maximum atomic E-state index is 12.2. The van der Waals surface area contributed by atoms with Crippen LogP contribution in [0, 0.1) is 5.92 Å². The van der Waals surface area contributed by atoms with E-state index in [0.717, 1.165) is 5.56 Å². The van der Waals surface area contributed by atoms with Gasteiger partial charge in [0.1, 0.15) is 0 Å². The van der Waals surface area contributed by atoms with Gasteiger partial charge in [0, 0.05) is 12.4 Å². The predicted octanol–water partition coefficient (Wildman–Crippen LogP) is 1.43. The summed E-state index contributed by atoms with van der Waals surface area (Å²) in [7, 11) is 3.60. The molecular formula is C15H22N2O4. The standard InChI is InChI=1S/C15H22N2O4/c1-5-20-14(18)12(15(19)21-6-2)13(17(3)4)11-7-9-16-10-8-11/h7-10,12-13H,5-6H2,1-4H3/t13-/m0/s1. The van der Waals surface area contributed by atoms with Crippen molar-refractivity contribution >= 4 is 11.9 Å². The van der Waals surface area contributed by atoms with E-state index in [2.05, 4.69) is 4.98 Å². The zero-order valence-corrected chi connectivity index (χ0v) is 12.9. The summed E-state index contributed by atoms with van der Waals surface area (Å²) in [6.07, 6.45) is 3.25. The van der Waals surface area contributed by atoms with Crippen molar-refractivity contribution in [3.8, 4) is 0 Å². The molecule has 0 saturated heterocycles. The summed E-state index contributed by atoms with van der Waals surface area (Å²) in [5.41, 5.74) is 0.807. The predicted molar refractivity (Wildman–Crippen MR) is 77.4 cm³/mol. The second-order valence-electron chi connectivity index (χ2n) is 4.67. The molecule has 1 rings (SSSR count). The van der Waals surface area contributed by atoms with Crippen LogP contribution in [0.2, 0.25) is 0 Å². The first-order valence-electron chi connectivity index (χ1n) is 6.92. The van der Waals surface area contributed by atoms with Gasteiger partial charge >= 0.3 is 11.9 Å². The molecule has 0 radical (unpaired) electrons. The van der Waals surface area contributed by atoms with Gasteiger partial charge in [0.2, 0.25) is 0 Å². The van der Waals surface area contributed by atoms with E-state index in [1.165, 1.54) is 0 Å². The van der Waals surface area contributed by atoms with E-state index in [9.17, 15) is 9.59 Å². The molecule has 1 heterocycles. The molecule has 6 nitrogen and oxygen atoms in total. The van der Waals surface area contributed by atoms with Gasteiger partial charge in [0.05, 0.1) is 19.3 Å². The van der Waals surface area contributed by atoms with Crippen molar-refractivity contribution in [3.05, 3.63) is 30.1 Å². The second-order valence-corrected chi connectivity index (χ2v) is 4.67. The van der Waals surface area contributed by atoms with Crippen LogP contribution in [-0.2, 0) is 19.1 Å². The maximum Gasteiger partial charge on any atom is 0.322 e. The van der Waals surface area contributed by atoms with E-state index in [-0.39, 0.29) is 13.2 Å². The van der Waals surface area contributed by atoms with Crippen molar-refractivity contribution in [2.75, 3.05) is 27.3 Å². The van der Waals surface area contributed by atoms with Crippen molar-refractivity contribution in [3.63, 3.8) is 0 Å². The summed E-state index contributed by atoms with van der Waals surface area (Å²) in [6, 6.07) is 3.08. The molecule has 1 aromatic heterocycles. The summed E-state index contributed by atoms with van der Waals surface area (Å²) in [5, 5.41) is 0. The zero-order chi connectivity index (χ0) is 15.8. The lowest BCUT2D eigenvalue weighted by Crippen LogP contribution is -2.39. The largest absolute Gasteiger partial charge is 0.465 e. The van der Waals surface area contributed by atoms with Crippen LogP contribution in [0.25, 0.3) is 0 Å². The third-order valence-electron chi connectivity index (χ3n) is 3.00. The van der Waals surface area contributed by atoms with Crippen LogP contribution in [-0.4, -0.2) is 49.1 Å². The lowest BCUT2D eigenvalue weighted by Gasteiger charge is -2.29. The Morgan fingerprint density at radius 2 is 1.57 bits per heavy atom. The Morgan fingerprint density at radius 3 is 1.95 bits per heavy atom. The van der Waals surface area contributed by atoms with Crippen LogP contribution < -0.4 is 0 Å². The van der Waals surface area contributed by atoms with E-state index in [4.69, 9.17) is 9.47 Å². The molecule has 0 fully saturated rings. The highest BCUT2D eigenvalue weighted by Gasteiger charge is 2.39. The molecular weight excluding hydrogens is 272 g/mol. The maximum absolute atomic E-state index is 12.2. The summed E-state index contributed by atoms with van der Waals surface area (Å²) in [5.74, 6) is -2.18. The second kappa shape index (κ2) is 8.36. The van der Waals surface area contributed by atoms with Crippen molar-refractivity contribution in [2.24, 2.45) is 5.92 Å². The van der Waals surface area contributed by atoms with Gasteiger partial charge in [-0.1, -0.05) is 0 Å². The number of aromatic nitrogens is 1. The molecule has 0 amide bonds. The normalized spacial score (nSPS) is 12.3. The highest BCUT2D eigenvalue weighted by Crippen LogP contribution is 2.28. The van der Waals surface area contributed by atoms with Crippen LogP contribution >= 0.6 is 0 Å². The highest BCUT2D eigenvalue weighted by atomic mass is 16.6. The monoisotopic (exact) mass is 294 g/mol. The van der Waals surface area contributed by atoms with Crippen molar-refractivity contribution in [1.82, 2.24) is 9.88 Å². The quantitative estimate of drug-likeness (QED) is 0.560. The minimum absolute atomic E-state index is 0.214. The van der Waals surface area contributed by atoms with Gasteiger partial charge in [-0.25, -0.2) is 0 Å². The molecule has 0 aliphatic rings. The number of ether oxygens (including phenoxy) is 2. The minimum atomic E-state index is -1.03. The number of rotatable bonds is 7. The number of esters is 2. The minimum Gasteiger partial charge on any atom is -0.465 e. The fraction of sp³-hybridized carbons (Fsp3) is 0.533. The van der Waals surface area contributed by atoms with Gasteiger partial charge in [-0.3, -0.25) is 14.6 Å². The topological polar surface area (TPSA) is 68.7 Å². The smallest absolute Gasteiger partial charge is 0.322 e. The molecule has 1 atom stereocenters. The Labute approximate surface area is 125 Å². The summed E-state index contributed by atoms with van der Waals surface area (Å²) < 4.78 is 10.1. The third kappa shape index (κ3) is 4.53. The first kappa shape index (κ1) is 17.1. The Morgan fingerprint density at radius 1 is 1.10 bits per heavy atom. The van der Waals surface area contributed by atoms with E-state index in [0.29, 0.717) is 0 Å². The van der Waals surface area contributed by atoms with Crippen LogP contribution in [0.5, 0.6) is 0 Å². The van der Waals surface area contributed by atoms with Crippen LogP contribution in [0.15, 0.2) is 24.5 Å². The fourth-order valence-corrected chi connectivity index (χ4v) is 2.17. The SMILES string of the molecule is CCOC(=O)C(C(=O)OCC)[C@H](c1ccncc1)N(C)C. The first-order chi connectivity index (χ1) is 10.0. The number of nitrogens with zero attached hydrogens (tertiary/aromatic N) is 2.